The van der Waals surface area contributed by atoms with Gasteiger partial charge in [0, 0.05) is 5.69 Å². The minimum absolute atomic E-state index is 0.246. The van der Waals surface area contributed by atoms with Gasteiger partial charge in [0.15, 0.2) is 5.94 Å². The maximum atomic E-state index is 11.8. The molecule has 114 valence electrons. The molecule has 0 bridgehead atoms. The van der Waals surface area contributed by atoms with Gasteiger partial charge >= 0.3 is 0 Å². The Labute approximate surface area is 121 Å². The summed E-state index contributed by atoms with van der Waals surface area (Å²) in [5.74, 6) is -1.58. The number of hydrogen-bond donors (Lipinski definition) is 2. The van der Waals surface area contributed by atoms with E-state index in [1.807, 2.05) is 0 Å². The second-order valence-corrected chi connectivity index (χ2v) is 6.29. The van der Waals surface area contributed by atoms with Crippen molar-refractivity contribution in [1.29, 1.82) is 0 Å². The van der Waals surface area contributed by atoms with E-state index in [1.54, 1.807) is 24.3 Å². The number of amides is 2. The van der Waals surface area contributed by atoms with Gasteiger partial charge in [-0.3, -0.25) is 13.9 Å². The molecule has 8 nitrogen and oxygen atoms in total. The molecule has 1 saturated heterocycles. The molecule has 0 radical (unpaired) electrons. The molecule has 2 amide bonds. The van der Waals surface area contributed by atoms with Crippen LogP contribution in [0.2, 0.25) is 0 Å². The molecule has 2 rings (SSSR count). The van der Waals surface area contributed by atoms with Crippen LogP contribution in [0.3, 0.4) is 0 Å². The van der Waals surface area contributed by atoms with Crippen LogP contribution in [-0.2, 0) is 24.3 Å². The predicted octanol–water partition coefficient (Wildman–Crippen LogP) is -0.376. The molecule has 1 aromatic carbocycles. The smallest absolute Gasteiger partial charge is 0.259 e. The molecule has 1 aliphatic rings. The van der Waals surface area contributed by atoms with Crippen molar-refractivity contribution >= 4 is 33.2 Å². The Kier molecular flexibility index (Phi) is 4.43. The van der Waals surface area contributed by atoms with Crippen molar-refractivity contribution < 1.29 is 22.7 Å². The maximum Gasteiger partial charge on any atom is 0.259 e. The first kappa shape index (κ1) is 15.3. The first-order chi connectivity index (χ1) is 9.88. The Balaban J connectivity index is 2.08. The lowest BCUT2D eigenvalue weighted by Gasteiger charge is -2.28. The molecule has 1 heterocycles. The van der Waals surface area contributed by atoms with Gasteiger partial charge in [0.2, 0.25) is 11.8 Å². The van der Waals surface area contributed by atoms with E-state index in [2.05, 4.69) is 5.32 Å². The number of benzene rings is 1. The van der Waals surface area contributed by atoms with E-state index in [4.69, 9.17) is 10.5 Å². The van der Waals surface area contributed by atoms with Gasteiger partial charge in [0.1, 0.15) is 6.42 Å². The molecule has 0 aromatic heterocycles. The molecule has 3 N–H and O–H groups in total. The molecule has 1 aromatic rings. The zero-order valence-electron chi connectivity index (χ0n) is 11.1. The number of hydrogen-bond acceptors (Lipinski definition) is 5. The van der Waals surface area contributed by atoms with Crippen LogP contribution >= 0.6 is 0 Å². The van der Waals surface area contributed by atoms with Gasteiger partial charge in [0.05, 0.1) is 18.8 Å². The molecular weight excluding hydrogens is 298 g/mol. The van der Waals surface area contributed by atoms with Gasteiger partial charge in [-0.05, 0) is 24.3 Å². The molecule has 9 heteroatoms. The minimum atomic E-state index is -3.47. The average molecular weight is 313 g/mol. The molecule has 0 spiro atoms. The fourth-order valence-corrected chi connectivity index (χ4v) is 3.13. The number of ether oxygens (including phenoxy) is 1. The number of carbonyl (C=O) groups excluding carboxylic acids is 2. The topological polar surface area (TPSA) is 119 Å². The first-order valence-electron chi connectivity index (χ1n) is 6.15. The van der Waals surface area contributed by atoms with Crippen LogP contribution in [0.1, 0.15) is 6.42 Å². The van der Waals surface area contributed by atoms with Crippen LogP contribution in [0.15, 0.2) is 24.3 Å². The van der Waals surface area contributed by atoms with Gasteiger partial charge in [-0.25, -0.2) is 8.42 Å². The highest BCUT2D eigenvalue weighted by Gasteiger charge is 2.26. The first-order valence-corrected chi connectivity index (χ1v) is 7.76. The molecule has 0 unspecified atom stereocenters. The van der Waals surface area contributed by atoms with Crippen LogP contribution < -0.4 is 15.4 Å². The monoisotopic (exact) mass is 313 g/mol. The molecule has 0 aliphatic carbocycles. The summed E-state index contributed by atoms with van der Waals surface area (Å²) in [5, 5.41) is 2.49. The number of anilines is 2. The summed E-state index contributed by atoms with van der Waals surface area (Å²) in [6.07, 6.45) is -0.403. The lowest BCUT2D eigenvalue weighted by Crippen LogP contribution is -2.41. The summed E-state index contributed by atoms with van der Waals surface area (Å²) < 4.78 is 29.9. The summed E-state index contributed by atoms with van der Waals surface area (Å²) in [6.45, 7) is 0.575. The number of nitrogens with zero attached hydrogens (tertiary/aromatic N) is 1. The van der Waals surface area contributed by atoms with Gasteiger partial charge in [-0.1, -0.05) is 0 Å². The van der Waals surface area contributed by atoms with Crippen molar-refractivity contribution in [2.75, 3.05) is 28.7 Å². The summed E-state index contributed by atoms with van der Waals surface area (Å²) in [7, 11) is -3.47. The number of sulfonamides is 1. The van der Waals surface area contributed by atoms with Gasteiger partial charge in [-0.2, -0.15) is 0 Å². The third kappa shape index (κ3) is 3.92. The standard InChI is InChI=1S/C12H15N3O5S/c13-11(16)7-12(17)14-9-1-3-10(4-2-9)15-5-6-20-8-21(15,18)19/h1-4H,5-8H2,(H2,13,16)(H,14,17). The number of rotatable bonds is 4. The van der Waals surface area contributed by atoms with Crippen molar-refractivity contribution in [1.82, 2.24) is 0 Å². The lowest BCUT2D eigenvalue weighted by molar-refractivity contribution is -0.124. The van der Waals surface area contributed by atoms with Gasteiger partial charge in [0.25, 0.3) is 10.0 Å². The Morgan fingerprint density at radius 1 is 1.29 bits per heavy atom. The zero-order chi connectivity index (χ0) is 15.5. The van der Waals surface area contributed by atoms with Crippen molar-refractivity contribution in [2.45, 2.75) is 6.42 Å². The van der Waals surface area contributed by atoms with Gasteiger partial charge in [-0.15, -0.1) is 0 Å². The van der Waals surface area contributed by atoms with Crippen LogP contribution in [-0.4, -0.2) is 39.3 Å². The largest absolute Gasteiger partial charge is 0.369 e. The quantitative estimate of drug-likeness (QED) is 0.735. The zero-order valence-corrected chi connectivity index (χ0v) is 11.9. The molecule has 21 heavy (non-hydrogen) atoms. The third-order valence-electron chi connectivity index (χ3n) is 2.78. The minimum Gasteiger partial charge on any atom is -0.369 e. The van der Waals surface area contributed by atoms with Crippen LogP contribution in [0.4, 0.5) is 11.4 Å². The van der Waals surface area contributed by atoms with E-state index in [0.717, 1.165) is 0 Å². The van der Waals surface area contributed by atoms with Crippen molar-refractivity contribution in [2.24, 2.45) is 5.73 Å². The van der Waals surface area contributed by atoms with Crippen LogP contribution in [0, 0.1) is 0 Å². The fraction of sp³-hybridized carbons (Fsp3) is 0.333. The average Bonchev–Trinajstić information content (AvgIpc) is 2.38. The van der Waals surface area contributed by atoms with Crippen molar-refractivity contribution in [3.63, 3.8) is 0 Å². The third-order valence-corrected chi connectivity index (χ3v) is 4.31. The SMILES string of the molecule is NC(=O)CC(=O)Nc1ccc(N2CCOCS2(=O)=O)cc1. The van der Waals surface area contributed by atoms with E-state index in [9.17, 15) is 18.0 Å². The summed E-state index contributed by atoms with van der Waals surface area (Å²) >= 11 is 0. The van der Waals surface area contributed by atoms with E-state index in [-0.39, 0.29) is 12.5 Å². The Hall–Kier alpha value is -2.13. The van der Waals surface area contributed by atoms with E-state index in [1.165, 1.54) is 4.31 Å². The summed E-state index contributed by atoms with van der Waals surface area (Å²) in [5.41, 5.74) is 5.86. The summed E-state index contributed by atoms with van der Waals surface area (Å²) in [6, 6.07) is 6.25. The molecule has 0 saturated carbocycles. The second-order valence-electron chi connectivity index (χ2n) is 4.45. The van der Waals surface area contributed by atoms with E-state index in [0.29, 0.717) is 18.0 Å². The van der Waals surface area contributed by atoms with E-state index >= 15 is 0 Å². The Morgan fingerprint density at radius 3 is 2.52 bits per heavy atom. The highest BCUT2D eigenvalue weighted by molar-refractivity contribution is 7.92. The molecule has 1 aliphatic heterocycles. The molecular formula is C12H15N3O5S. The Morgan fingerprint density at radius 2 is 1.95 bits per heavy atom. The molecule has 0 atom stereocenters. The summed E-state index contributed by atoms with van der Waals surface area (Å²) in [4.78, 5) is 22.0. The normalized spacial score (nSPS) is 17.2. The highest BCUT2D eigenvalue weighted by atomic mass is 32.2. The number of nitrogens with one attached hydrogen (secondary N) is 1. The lowest BCUT2D eigenvalue weighted by atomic mass is 10.2. The predicted molar refractivity (Wildman–Crippen MR) is 76.0 cm³/mol. The fourth-order valence-electron chi connectivity index (χ4n) is 1.88. The number of carbonyl (C=O) groups is 2. The highest BCUT2D eigenvalue weighted by Crippen LogP contribution is 2.22. The van der Waals surface area contributed by atoms with Gasteiger partial charge < -0.3 is 15.8 Å². The van der Waals surface area contributed by atoms with Crippen molar-refractivity contribution in [3.8, 4) is 0 Å². The molecule has 1 fully saturated rings. The number of nitrogens with two attached hydrogens (primary N) is 1. The van der Waals surface area contributed by atoms with E-state index < -0.39 is 28.3 Å². The second kappa shape index (κ2) is 6.10. The maximum absolute atomic E-state index is 11.8. The van der Waals surface area contributed by atoms with Crippen LogP contribution in [0.25, 0.3) is 0 Å². The Bertz CT molecular complexity index is 641. The number of primary amides is 1. The van der Waals surface area contributed by atoms with Crippen molar-refractivity contribution in [3.05, 3.63) is 24.3 Å². The van der Waals surface area contributed by atoms with Crippen LogP contribution in [0.5, 0.6) is 0 Å².